The number of aromatic amines is 1. The van der Waals surface area contributed by atoms with E-state index in [4.69, 9.17) is 4.74 Å². The Morgan fingerprint density at radius 2 is 2.04 bits per heavy atom. The smallest absolute Gasteiger partial charge is 0.439 e. The van der Waals surface area contributed by atoms with Crippen LogP contribution in [0.15, 0.2) is 56.7 Å². The number of aromatic nitrogens is 2. The number of fused-ring (bicyclic) bond motifs is 3. The normalized spacial score (nSPS) is 19.9. The first-order valence-electron chi connectivity index (χ1n) is 8.77. The van der Waals surface area contributed by atoms with E-state index >= 15 is 0 Å². The van der Waals surface area contributed by atoms with Gasteiger partial charge in [0.05, 0.1) is 11.9 Å². The number of anilines is 1. The first-order chi connectivity index (χ1) is 13.5. The molecule has 0 saturated carbocycles. The van der Waals surface area contributed by atoms with Gasteiger partial charge in [-0.2, -0.15) is 4.72 Å². The number of sulfonamides is 1. The number of rotatable bonds is 3. The summed E-state index contributed by atoms with van der Waals surface area (Å²) in [6.45, 7) is 0.818. The Hall–Kier alpha value is -3.11. The lowest BCUT2D eigenvalue weighted by Gasteiger charge is -2.33. The average Bonchev–Trinajstić information content (AvgIpc) is 3.30. The van der Waals surface area contributed by atoms with Gasteiger partial charge >= 0.3 is 5.76 Å². The molecule has 1 atom stereocenters. The standard InChI is InChI=1S/C18H16N4O5S/c23-18-19-17(20-27-18)11-3-1-4-12(9-11)26-13-6-7-14-15(10-13)28(24,25)21-16-5-2-8-22(14)16/h1,3-4,6-7,9-10,16,21H,2,5,8H2,(H,19,20,23). The zero-order chi connectivity index (χ0) is 19.3. The summed E-state index contributed by atoms with van der Waals surface area (Å²) in [6.07, 6.45) is 1.57. The molecule has 2 N–H and O–H groups in total. The van der Waals surface area contributed by atoms with Crippen LogP contribution in [0, 0.1) is 0 Å². The zero-order valence-corrected chi connectivity index (χ0v) is 15.4. The molecule has 2 aliphatic rings. The molecule has 9 nitrogen and oxygen atoms in total. The minimum Gasteiger partial charge on any atom is -0.457 e. The summed E-state index contributed by atoms with van der Waals surface area (Å²) in [7, 11) is -3.59. The van der Waals surface area contributed by atoms with E-state index in [1.807, 2.05) is 0 Å². The first-order valence-corrected chi connectivity index (χ1v) is 10.3. The van der Waals surface area contributed by atoms with Gasteiger partial charge in [0.1, 0.15) is 16.4 Å². The van der Waals surface area contributed by atoms with Crippen LogP contribution in [-0.2, 0) is 10.0 Å². The molecular weight excluding hydrogens is 384 g/mol. The molecule has 5 rings (SSSR count). The van der Waals surface area contributed by atoms with Crippen LogP contribution in [0.4, 0.5) is 5.69 Å². The van der Waals surface area contributed by atoms with Crippen LogP contribution in [0.1, 0.15) is 12.8 Å². The summed E-state index contributed by atoms with van der Waals surface area (Å²) < 4.78 is 38.3. The molecule has 0 spiro atoms. The van der Waals surface area contributed by atoms with Gasteiger partial charge < -0.3 is 9.64 Å². The third-order valence-corrected chi connectivity index (χ3v) is 6.35. The summed E-state index contributed by atoms with van der Waals surface area (Å²) in [5.41, 5.74) is 1.30. The maximum atomic E-state index is 12.6. The predicted molar refractivity (Wildman–Crippen MR) is 99.8 cm³/mol. The molecule has 28 heavy (non-hydrogen) atoms. The van der Waals surface area contributed by atoms with Crippen molar-refractivity contribution < 1.29 is 17.7 Å². The zero-order valence-electron chi connectivity index (χ0n) is 14.6. The van der Waals surface area contributed by atoms with E-state index in [-0.39, 0.29) is 16.9 Å². The molecule has 1 fully saturated rings. The van der Waals surface area contributed by atoms with Crippen molar-refractivity contribution in [1.82, 2.24) is 14.9 Å². The fourth-order valence-electron chi connectivity index (χ4n) is 3.63. The van der Waals surface area contributed by atoms with Gasteiger partial charge in [-0.25, -0.2) is 13.2 Å². The number of ether oxygens (including phenoxy) is 1. The van der Waals surface area contributed by atoms with E-state index in [2.05, 4.69) is 24.3 Å². The Kier molecular flexibility index (Phi) is 3.78. The largest absolute Gasteiger partial charge is 0.457 e. The highest BCUT2D eigenvalue weighted by Gasteiger charge is 2.37. The van der Waals surface area contributed by atoms with Crippen molar-refractivity contribution in [3.8, 4) is 22.9 Å². The van der Waals surface area contributed by atoms with Crippen LogP contribution in [0.5, 0.6) is 11.5 Å². The number of nitrogens with one attached hydrogen (secondary N) is 2. The molecule has 3 heterocycles. The molecule has 3 aromatic rings. The predicted octanol–water partition coefficient (Wildman–Crippen LogP) is 2.04. The fourth-order valence-corrected chi connectivity index (χ4v) is 5.09. The topological polar surface area (TPSA) is 118 Å². The maximum absolute atomic E-state index is 12.6. The maximum Gasteiger partial charge on any atom is 0.439 e. The highest BCUT2D eigenvalue weighted by molar-refractivity contribution is 7.89. The molecule has 0 aliphatic carbocycles. The molecule has 0 amide bonds. The minimum absolute atomic E-state index is 0.175. The summed E-state index contributed by atoms with van der Waals surface area (Å²) in [5.74, 6) is 0.510. The van der Waals surface area contributed by atoms with Gasteiger partial charge in [0.25, 0.3) is 0 Å². The lowest BCUT2D eigenvalue weighted by molar-refractivity contribution is 0.388. The van der Waals surface area contributed by atoms with Gasteiger partial charge in [-0.05, 0) is 37.1 Å². The highest BCUT2D eigenvalue weighted by atomic mass is 32.2. The molecule has 2 aliphatic heterocycles. The number of nitrogens with zero attached hydrogens (tertiary/aromatic N) is 2. The number of hydrogen-bond donors (Lipinski definition) is 2. The van der Waals surface area contributed by atoms with Gasteiger partial charge in [0.2, 0.25) is 10.0 Å². The Morgan fingerprint density at radius 3 is 2.86 bits per heavy atom. The molecule has 1 unspecified atom stereocenters. The second-order valence-corrected chi connectivity index (χ2v) is 8.36. The van der Waals surface area contributed by atoms with Gasteiger partial charge in [-0.3, -0.25) is 9.51 Å². The van der Waals surface area contributed by atoms with Crippen LogP contribution in [0.3, 0.4) is 0 Å². The second-order valence-electron chi connectivity index (χ2n) is 6.68. The highest BCUT2D eigenvalue weighted by Crippen LogP contribution is 2.38. The Bertz CT molecular complexity index is 1220. The Morgan fingerprint density at radius 1 is 1.18 bits per heavy atom. The van der Waals surface area contributed by atoms with E-state index < -0.39 is 15.8 Å². The summed E-state index contributed by atoms with van der Waals surface area (Å²) >= 11 is 0. The van der Waals surface area contributed by atoms with Crippen molar-refractivity contribution in [1.29, 1.82) is 0 Å². The molecule has 144 valence electrons. The van der Waals surface area contributed by atoms with Crippen LogP contribution < -0.4 is 20.1 Å². The summed E-state index contributed by atoms with van der Waals surface area (Å²) in [6, 6.07) is 11.9. The van der Waals surface area contributed by atoms with E-state index in [0.717, 1.165) is 19.4 Å². The van der Waals surface area contributed by atoms with Gasteiger partial charge in [-0.15, -0.1) is 0 Å². The average molecular weight is 400 g/mol. The minimum atomic E-state index is -3.59. The van der Waals surface area contributed by atoms with Crippen molar-refractivity contribution in [2.75, 3.05) is 11.4 Å². The quantitative estimate of drug-likeness (QED) is 0.691. The van der Waals surface area contributed by atoms with E-state index in [1.165, 1.54) is 6.07 Å². The van der Waals surface area contributed by atoms with Crippen molar-refractivity contribution in [2.45, 2.75) is 23.9 Å². The lowest BCUT2D eigenvalue weighted by Crippen LogP contribution is -2.48. The summed E-state index contributed by atoms with van der Waals surface area (Å²) in [5, 5.41) is 3.65. The first kappa shape index (κ1) is 17.0. The van der Waals surface area contributed by atoms with Crippen molar-refractivity contribution >= 4 is 15.7 Å². The van der Waals surface area contributed by atoms with Crippen molar-refractivity contribution in [3.05, 3.63) is 53.0 Å². The lowest BCUT2D eigenvalue weighted by atomic mass is 10.2. The third-order valence-electron chi connectivity index (χ3n) is 4.86. The molecule has 2 aromatic carbocycles. The van der Waals surface area contributed by atoms with E-state index in [9.17, 15) is 13.2 Å². The molecule has 1 saturated heterocycles. The molecular formula is C18H16N4O5S. The molecule has 0 bridgehead atoms. The Labute approximate surface area is 160 Å². The molecule has 1 aromatic heterocycles. The summed E-state index contributed by atoms with van der Waals surface area (Å²) in [4.78, 5) is 15.9. The van der Waals surface area contributed by atoms with Crippen LogP contribution in [-0.4, -0.2) is 31.3 Å². The van der Waals surface area contributed by atoms with E-state index in [0.29, 0.717) is 22.7 Å². The van der Waals surface area contributed by atoms with Gasteiger partial charge in [0, 0.05) is 18.2 Å². The van der Waals surface area contributed by atoms with Crippen molar-refractivity contribution in [2.24, 2.45) is 0 Å². The Balaban J connectivity index is 1.48. The monoisotopic (exact) mass is 400 g/mol. The van der Waals surface area contributed by atoms with Gasteiger partial charge in [0.15, 0.2) is 5.82 Å². The molecule has 10 heteroatoms. The fraction of sp³-hybridized carbons (Fsp3) is 0.222. The number of benzene rings is 2. The molecule has 0 radical (unpaired) electrons. The van der Waals surface area contributed by atoms with Crippen LogP contribution in [0.2, 0.25) is 0 Å². The van der Waals surface area contributed by atoms with Crippen molar-refractivity contribution in [3.63, 3.8) is 0 Å². The van der Waals surface area contributed by atoms with Gasteiger partial charge in [-0.1, -0.05) is 17.3 Å². The van der Waals surface area contributed by atoms with Crippen LogP contribution in [0.25, 0.3) is 11.4 Å². The number of hydrogen-bond acceptors (Lipinski definition) is 7. The SMILES string of the molecule is O=c1[nH]c(-c2cccc(Oc3ccc4c(c3)S(=O)(=O)NC3CCCN43)c2)no1. The number of H-pyrrole nitrogens is 1. The third kappa shape index (κ3) is 2.86. The van der Waals surface area contributed by atoms with E-state index in [1.54, 1.807) is 36.4 Å². The second kappa shape index (κ2) is 6.21. The van der Waals surface area contributed by atoms with Crippen LogP contribution >= 0.6 is 0 Å².